The highest BCUT2D eigenvalue weighted by molar-refractivity contribution is 8.00. The van der Waals surface area contributed by atoms with E-state index in [1.807, 2.05) is 13.8 Å². The third-order valence-corrected chi connectivity index (χ3v) is 5.78. The molecule has 0 fully saturated rings. The van der Waals surface area contributed by atoms with E-state index in [1.165, 1.54) is 12.1 Å². The summed E-state index contributed by atoms with van der Waals surface area (Å²) in [6.07, 6.45) is 0. The molecule has 0 spiro atoms. The lowest BCUT2D eigenvalue weighted by Crippen LogP contribution is -2.22. The fourth-order valence-corrected chi connectivity index (χ4v) is 4.04. The highest BCUT2D eigenvalue weighted by atomic mass is 32.2. The van der Waals surface area contributed by atoms with Crippen molar-refractivity contribution in [1.82, 2.24) is 15.5 Å². The molecule has 0 aliphatic heterocycles. The topological polar surface area (TPSA) is 80.9 Å². The maximum absolute atomic E-state index is 12.5. The second-order valence-electron chi connectivity index (χ2n) is 5.81. The lowest BCUT2D eigenvalue weighted by molar-refractivity contribution is -0.0328. The van der Waals surface area contributed by atoms with Crippen molar-refractivity contribution in [2.75, 3.05) is 5.73 Å². The lowest BCUT2D eigenvalue weighted by atomic mass is 10.1. The molecule has 1 amide bonds. The number of nitrogens with one attached hydrogen (secondary N) is 1. The molecular formula is C17H15F3N4OS2. The van der Waals surface area contributed by atoms with Gasteiger partial charge in [-0.15, -0.1) is 16.4 Å². The van der Waals surface area contributed by atoms with Crippen LogP contribution in [-0.2, 0) is 6.54 Å². The summed E-state index contributed by atoms with van der Waals surface area (Å²) >= 11 is 0.982. The van der Waals surface area contributed by atoms with Gasteiger partial charge in [-0.2, -0.15) is 18.3 Å². The number of nitrogens with zero attached hydrogens (tertiary/aromatic N) is 2. The van der Waals surface area contributed by atoms with Gasteiger partial charge in [0.1, 0.15) is 9.71 Å². The minimum Gasteiger partial charge on any atom is -0.397 e. The first-order valence-electron chi connectivity index (χ1n) is 7.80. The Morgan fingerprint density at radius 2 is 1.89 bits per heavy atom. The van der Waals surface area contributed by atoms with E-state index in [1.54, 1.807) is 12.1 Å². The van der Waals surface area contributed by atoms with Gasteiger partial charge in [0.25, 0.3) is 5.91 Å². The molecule has 0 saturated heterocycles. The van der Waals surface area contributed by atoms with Crippen molar-refractivity contribution < 1.29 is 18.0 Å². The largest absolute Gasteiger partial charge is 0.446 e. The maximum Gasteiger partial charge on any atom is 0.446 e. The Labute approximate surface area is 161 Å². The molecule has 3 N–H and O–H groups in total. The van der Waals surface area contributed by atoms with Crippen molar-refractivity contribution in [2.24, 2.45) is 0 Å². The molecule has 0 atom stereocenters. The first-order chi connectivity index (χ1) is 12.7. The van der Waals surface area contributed by atoms with Crippen molar-refractivity contribution in [3.05, 3.63) is 46.0 Å². The number of thioether (sulfide) groups is 1. The summed E-state index contributed by atoms with van der Waals surface area (Å²) in [5.74, 6) is -0.360. The average Bonchev–Trinajstić information content (AvgIpc) is 2.93. The van der Waals surface area contributed by atoms with E-state index in [0.717, 1.165) is 28.0 Å². The Kier molecular flexibility index (Phi) is 5.29. The molecule has 0 unspecified atom stereocenters. The van der Waals surface area contributed by atoms with Gasteiger partial charge in [0, 0.05) is 16.8 Å². The normalized spacial score (nSPS) is 11.7. The molecule has 27 heavy (non-hydrogen) atoms. The quantitative estimate of drug-likeness (QED) is 0.620. The van der Waals surface area contributed by atoms with E-state index in [0.29, 0.717) is 21.0 Å². The Morgan fingerprint density at radius 1 is 1.22 bits per heavy atom. The molecule has 2 aromatic heterocycles. The SMILES string of the molecule is Cc1nnc2sc(C(=O)NCc3ccc(SC(F)(F)F)cc3)c(N)c2c1C. The van der Waals surface area contributed by atoms with Gasteiger partial charge in [-0.3, -0.25) is 4.79 Å². The van der Waals surface area contributed by atoms with Gasteiger partial charge < -0.3 is 11.1 Å². The highest BCUT2D eigenvalue weighted by Gasteiger charge is 2.29. The first-order valence-corrected chi connectivity index (χ1v) is 9.43. The van der Waals surface area contributed by atoms with Gasteiger partial charge in [0.15, 0.2) is 0 Å². The first kappa shape index (κ1) is 19.4. The molecule has 142 valence electrons. The lowest BCUT2D eigenvalue weighted by Gasteiger charge is -2.08. The second-order valence-corrected chi connectivity index (χ2v) is 7.95. The van der Waals surface area contributed by atoms with Crippen molar-refractivity contribution >= 4 is 44.9 Å². The minimum atomic E-state index is -4.33. The fraction of sp³-hybridized carbons (Fsp3) is 0.235. The van der Waals surface area contributed by atoms with Crippen LogP contribution in [0.15, 0.2) is 29.2 Å². The summed E-state index contributed by atoms with van der Waals surface area (Å²) in [6, 6.07) is 5.83. The summed E-state index contributed by atoms with van der Waals surface area (Å²) in [4.78, 5) is 13.5. The van der Waals surface area contributed by atoms with Gasteiger partial charge in [-0.1, -0.05) is 12.1 Å². The van der Waals surface area contributed by atoms with Crippen LogP contribution < -0.4 is 11.1 Å². The highest BCUT2D eigenvalue weighted by Crippen LogP contribution is 2.37. The van der Waals surface area contributed by atoms with Gasteiger partial charge in [0.05, 0.1) is 11.4 Å². The third kappa shape index (κ3) is 4.33. The number of nitrogens with two attached hydrogens (primary N) is 1. The number of hydrogen-bond acceptors (Lipinski definition) is 6. The molecule has 3 aromatic rings. The standard InChI is InChI=1S/C17H15F3N4OS2/c1-8-9(2)23-24-16-12(8)13(21)14(26-16)15(25)22-7-10-3-5-11(6-4-10)27-17(18,19)20/h3-6H,7,21H2,1-2H3,(H,22,25). The zero-order valence-electron chi connectivity index (χ0n) is 14.3. The molecular weight excluding hydrogens is 397 g/mol. The fourth-order valence-electron chi connectivity index (χ4n) is 2.48. The zero-order valence-corrected chi connectivity index (χ0v) is 16.0. The van der Waals surface area contributed by atoms with Crippen molar-refractivity contribution in [3.8, 4) is 0 Å². The Morgan fingerprint density at radius 3 is 2.52 bits per heavy atom. The number of hydrogen-bond donors (Lipinski definition) is 2. The number of carbonyl (C=O) groups excluding carboxylic acids is 1. The van der Waals surface area contributed by atoms with Crippen LogP contribution in [0.5, 0.6) is 0 Å². The number of rotatable bonds is 4. The molecule has 0 saturated carbocycles. The number of carbonyl (C=O) groups is 1. The number of nitrogen functional groups attached to an aromatic ring is 1. The van der Waals surface area contributed by atoms with E-state index in [4.69, 9.17) is 5.73 Å². The number of anilines is 1. The number of alkyl halides is 3. The summed E-state index contributed by atoms with van der Waals surface area (Å²) in [6.45, 7) is 3.87. The van der Waals surface area contributed by atoms with E-state index >= 15 is 0 Å². The maximum atomic E-state index is 12.5. The van der Waals surface area contributed by atoms with Crippen LogP contribution in [0.25, 0.3) is 10.2 Å². The minimum absolute atomic E-state index is 0.0933. The third-order valence-electron chi connectivity index (χ3n) is 3.95. The van der Waals surface area contributed by atoms with Crippen molar-refractivity contribution in [3.63, 3.8) is 0 Å². The summed E-state index contributed by atoms with van der Waals surface area (Å²) in [7, 11) is 0. The van der Waals surface area contributed by atoms with Crippen molar-refractivity contribution in [2.45, 2.75) is 30.8 Å². The number of benzene rings is 1. The molecule has 2 heterocycles. The van der Waals surface area contributed by atoms with Gasteiger partial charge in [-0.05, 0) is 48.9 Å². The smallest absolute Gasteiger partial charge is 0.397 e. The summed E-state index contributed by atoms with van der Waals surface area (Å²) < 4.78 is 37.0. The van der Waals surface area contributed by atoms with Crippen LogP contribution in [0.2, 0.25) is 0 Å². The molecule has 10 heteroatoms. The van der Waals surface area contributed by atoms with Crippen LogP contribution in [0, 0.1) is 13.8 Å². The number of aryl methyl sites for hydroxylation is 2. The average molecular weight is 412 g/mol. The van der Waals surface area contributed by atoms with Crippen LogP contribution in [-0.4, -0.2) is 21.6 Å². The predicted octanol–water partition coefficient (Wildman–Crippen LogP) is 4.43. The predicted molar refractivity (Wildman–Crippen MR) is 101 cm³/mol. The number of amides is 1. The molecule has 0 aliphatic rings. The second kappa shape index (κ2) is 7.35. The number of halogens is 3. The molecule has 1 aromatic carbocycles. The monoisotopic (exact) mass is 412 g/mol. The van der Waals surface area contributed by atoms with E-state index in [2.05, 4.69) is 15.5 Å². The molecule has 3 rings (SSSR count). The number of thiophene rings is 1. The summed E-state index contributed by atoms with van der Waals surface area (Å²) in [5, 5.41) is 11.6. The zero-order chi connectivity index (χ0) is 19.8. The molecule has 0 aliphatic carbocycles. The van der Waals surface area contributed by atoms with Gasteiger partial charge >= 0.3 is 5.51 Å². The van der Waals surface area contributed by atoms with Crippen LogP contribution >= 0.6 is 23.1 Å². The van der Waals surface area contributed by atoms with Crippen LogP contribution in [0.3, 0.4) is 0 Å². The van der Waals surface area contributed by atoms with Crippen LogP contribution in [0.4, 0.5) is 18.9 Å². The Bertz CT molecular complexity index is 1000. The summed E-state index contributed by atoms with van der Waals surface area (Å²) in [5.41, 5.74) is 4.47. The van der Waals surface area contributed by atoms with Crippen molar-refractivity contribution in [1.29, 1.82) is 0 Å². The molecule has 5 nitrogen and oxygen atoms in total. The number of aromatic nitrogens is 2. The van der Waals surface area contributed by atoms with Gasteiger partial charge in [0.2, 0.25) is 0 Å². The number of fused-ring (bicyclic) bond motifs is 1. The Balaban J connectivity index is 1.72. The Hall–Kier alpha value is -2.33. The van der Waals surface area contributed by atoms with E-state index in [9.17, 15) is 18.0 Å². The molecule has 0 radical (unpaired) electrons. The van der Waals surface area contributed by atoms with E-state index < -0.39 is 5.51 Å². The molecule has 0 bridgehead atoms. The van der Waals surface area contributed by atoms with E-state index in [-0.39, 0.29) is 29.1 Å². The van der Waals surface area contributed by atoms with Gasteiger partial charge in [-0.25, -0.2) is 0 Å². The van der Waals surface area contributed by atoms with Crippen LogP contribution in [0.1, 0.15) is 26.5 Å².